The van der Waals surface area contributed by atoms with Gasteiger partial charge in [-0.25, -0.2) is 0 Å². The molecular formula is C19H28N4O4. The Morgan fingerprint density at radius 1 is 0.926 bits per heavy atom. The lowest BCUT2D eigenvalue weighted by Gasteiger charge is -2.28. The molecule has 2 aromatic heterocycles. The third-order valence-corrected chi connectivity index (χ3v) is 4.79. The van der Waals surface area contributed by atoms with Gasteiger partial charge in [0.2, 0.25) is 11.8 Å². The smallest absolute Gasteiger partial charge is 0.235 e. The first-order chi connectivity index (χ1) is 12.7. The number of aliphatic hydroxyl groups is 2. The Labute approximate surface area is 158 Å². The van der Waals surface area contributed by atoms with Gasteiger partial charge >= 0.3 is 0 Å². The van der Waals surface area contributed by atoms with Crippen LogP contribution in [0.4, 0.5) is 0 Å². The van der Waals surface area contributed by atoms with Crippen molar-refractivity contribution in [3.63, 3.8) is 0 Å². The fourth-order valence-corrected chi connectivity index (χ4v) is 2.88. The third-order valence-electron chi connectivity index (χ3n) is 4.79. The first kappa shape index (κ1) is 20.7. The maximum absolute atomic E-state index is 12.7. The van der Waals surface area contributed by atoms with Crippen LogP contribution in [0, 0.1) is 5.41 Å². The molecule has 0 saturated heterocycles. The number of rotatable bonds is 8. The van der Waals surface area contributed by atoms with Crippen LogP contribution in [0.5, 0.6) is 0 Å². The highest BCUT2D eigenvalue weighted by Crippen LogP contribution is 2.22. The predicted octanol–water partition coefficient (Wildman–Crippen LogP) is 0.389. The Morgan fingerprint density at radius 3 is 1.56 bits per heavy atom. The van der Waals surface area contributed by atoms with Crippen molar-refractivity contribution < 1.29 is 19.8 Å². The van der Waals surface area contributed by atoms with Crippen LogP contribution in [-0.2, 0) is 23.7 Å². The van der Waals surface area contributed by atoms with Gasteiger partial charge < -0.3 is 30.0 Å². The number of nitrogens with one attached hydrogen (secondary N) is 2. The van der Waals surface area contributed by atoms with Crippen molar-refractivity contribution in [3.8, 4) is 0 Å². The van der Waals surface area contributed by atoms with Gasteiger partial charge in [-0.05, 0) is 38.1 Å². The summed E-state index contributed by atoms with van der Waals surface area (Å²) in [5.41, 5.74) is 0.0789. The maximum atomic E-state index is 12.7. The molecule has 0 aromatic carbocycles. The van der Waals surface area contributed by atoms with Crippen molar-refractivity contribution in [2.75, 3.05) is 13.2 Å². The van der Waals surface area contributed by atoms with Gasteiger partial charge in [0.15, 0.2) is 0 Å². The third kappa shape index (κ3) is 4.40. The number of hydrogen-bond donors (Lipinski definition) is 4. The van der Waals surface area contributed by atoms with Gasteiger partial charge in [-0.15, -0.1) is 0 Å². The largest absolute Gasteiger partial charge is 0.394 e. The molecule has 0 radical (unpaired) electrons. The van der Waals surface area contributed by atoms with E-state index in [-0.39, 0.29) is 13.2 Å². The van der Waals surface area contributed by atoms with Gasteiger partial charge in [-0.1, -0.05) is 0 Å². The summed E-state index contributed by atoms with van der Waals surface area (Å²) < 4.78 is 3.59. The highest BCUT2D eigenvalue weighted by molar-refractivity contribution is 6.04. The van der Waals surface area contributed by atoms with Gasteiger partial charge in [0, 0.05) is 37.9 Å². The Morgan fingerprint density at radius 2 is 1.30 bits per heavy atom. The number of aromatic nitrogens is 2. The quantitative estimate of drug-likeness (QED) is 0.500. The Kier molecular flexibility index (Phi) is 6.45. The van der Waals surface area contributed by atoms with Crippen molar-refractivity contribution in [1.29, 1.82) is 0 Å². The molecule has 0 aliphatic heterocycles. The molecule has 2 amide bonds. The van der Waals surface area contributed by atoms with E-state index in [1.165, 1.54) is 13.8 Å². The van der Waals surface area contributed by atoms with Crippen LogP contribution in [0.1, 0.15) is 37.3 Å². The van der Waals surface area contributed by atoms with E-state index in [0.717, 1.165) is 11.4 Å². The maximum Gasteiger partial charge on any atom is 0.235 e. The van der Waals surface area contributed by atoms with E-state index >= 15 is 0 Å². The number of amides is 2. The molecule has 0 fully saturated rings. The van der Waals surface area contributed by atoms with Crippen molar-refractivity contribution in [2.45, 2.75) is 25.9 Å². The molecule has 2 atom stereocenters. The van der Waals surface area contributed by atoms with E-state index < -0.39 is 29.3 Å². The monoisotopic (exact) mass is 376 g/mol. The molecule has 8 nitrogen and oxygen atoms in total. The minimum atomic E-state index is -1.39. The van der Waals surface area contributed by atoms with Crippen LogP contribution in [-0.4, -0.2) is 44.4 Å². The number of nitrogens with zero attached hydrogens (tertiary/aromatic N) is 2. The van der Waals surface area contributed by atoms with Crippen LogP contribution >= 0.6 is 0 Å². The lowest BCUT2D eigenvalue weighted by molar-refractivity contribution is -0.142. The number of aryl methyl sites for hydroxylation is 2. The van der Waals surface area contributed by atoms with Crippen LogP contribution in [0.15, 0.2) is 36.7 Å². The van der Waals surface area contributed by atoms with E-state index in [0.29, 0.717) is 0 Å². The van der Waals surface area contributed by atoms with Crippen molar-refractivity contribution in [2.24, 2.45) is 19.5 Å². The molecule has 0 unspecified atom stereocenters. The summed E-state index contributed by atoms with van der Waals surface area (Å²) in [5.74, 6) is -1.02. The van der Waals surface area contributed by atoms with Gasteiger partial charge in [-0.3, -0.25) is 9.59 Å². The SMILES string of the molecule is Cn1cccc1[C@@H](CO)NC(=O)C(C)(C)C(=O)N[C@H](CO)c1cccn1C. The van der Waals surface area contributed by atoms with E-state index in [2.05, 4.69) is 10.6 Å². The highest BCUT2D eigenvalue weighted by Gasteiger charge is 2.38. The standard InChI is InChI=1S/C19H28N4O4/c1-19(2,17(26)20-13(11-24)15-7-5-9-22(15)3)18(27)21-14(12-25)16-8-6-10-23(16)4/h5-10,13-14,24-25H,11-12H2,1-4H3,(H,20,26)(H,21,27)/t13-,14-/m1/s1. The summed E-state index contributed by atoms with van der Waals surface area (Å²) >= 11 is 0. The van der Waals surface area contributed by atoms with Crippen LogP contribution in [0.25, 0.3) is 0 Å². The summed E-state index contributed by atoms with van der Waals surface area (Å²) in [6.07, 6.45) is 3.63. The molecule has 2 rings (SSSR count). The van der Waals surface area contributed by atoms with Crippen LogP contribution in [0.3, 0.4) is 0 Å². The predicted molar refractivity (Wildman–Crippen MR) is 101 cm³/mol. The van der Waals surface area contributed by atoms with E-state index in [9.17, 15) is 19.8 Å². The zero-order chi connectivity index (χ0) is 20.2. The van der Waals surface area contributed by atoms with Gasteiger partial charge in [-0.2, -0.15) is 0 Å². The number of carbonyl (C=O) groups excluding carboxylic acids is 2. The molecule has 148 valence electrons. The average Bonchev–Trinajstić information content (AvgIpc) is 3.25. The second-order valence-corrected chi connectivity index (χ2v) is 7.13. The molecule has 0 saturated carbocycles. The topological polar surface area (TPSA) is 109 Å². The lowest BCUT2D eigenvalue weighted by atomic mass is 9.90. The lowest BCUT2D eigenvalue weighted by Crippen LogP contribution is -2.50. The second kappa shape index (κ2) is 8.41. The normalized spacial score (nSPS) is 13.9. The first-order valence-electron chi connectivity index (χ1n) is 8.78. The van der Waals surface area contributed by atoms with E-state index in [1.54, 1.807) is 21.3 Å². The molecule has 0 aliphatic rings. The number of aliphatic hydroxyl groups excluding tert-OH is 2. The summed E-state index contributed by atoms with van der Waals surface area (Å²) in [5, 5.41) is 24.8. The zero-order valence-electron chi connectivity index (χ0n) is 16.1. The second-order valence-electron chi connectivity index (χ2n) is 7.13. The van der Waals surface area contributed by atoms with Gasteiger partial charge in [0.1, 0.15) is 5.41 Å². The minimum absolute atomic E-state index is 0.288. The van der Waals surface area contributed by atoms with Crippen molar-refractivity contribution in [3.05, 3.63) is 48.0 Å². The summed E-state index contributed by atoms with van der Waals surface area (Å²) in [6, 6.07) is 5.98. The fourth-order valence-electron chi connectivity index (χ4n) is 2.88. The van der Waals surface area contributed by atoms with Crippen LogP contribution < -0.4 is 10.6 Å². The summed E-state index contributed by atoms with van der Waals surface area (Å²) in [7, 11) is 3.63. The highest BCUT2D eigenvalue weighted by atomic mass is 16.3. The van der Waals surface area contributed by atoms with Crippen LogP contribution in [0.2, 0.25) is 0 Å². The van der Waals surface area contributed by atoms with Gasteiger partial charge in [0.05, 0.1) is 25.3 Å². The molecule has 4 N–H and O–H groups in total. The number of carbonyl (C=O) groups is 2. The fraction of sp³-hybridized carbons (Fsp3) is 0.474. The first-order valence-corrected chi connectivity index (χ1v) is 8.78. The Bertz CT molecular complexity index is 729. The average molecular weight is 376 g/mol. The minimum Gasteiger partial charge on any atom is -0.394 e. The molecule has 0 bridgehead atoms. The molecule has 2 aromatic rings. The zero-order valence-corrected chi connectivity index (χ0v) is 16.1. The molecule has 2 heterocycles. The molecule has 27 heavy (non-hydrogen) atoms. The van der Waals surface area contributed by atoms with Gasteiger partial charge in [0.25, 0.3) is 0 Å². The van der Waals surface area contributed by atoms with Crippen molar-refractivity contribution in [1.82, 2.24) is 19.8 Å². The summed E-state index contributed by atoms with van der Waals surface area (Å²) in [4.78, 5) is 25.5. The van der Waals surface area contributed by atoms with E-state index in [4.69, 9.17) is 0 Å². The van der Waals surface area contributed by atoms with Crippen molar-refractivity contribution >= 4 is 11.8 Å². The molecule has 0 spiro atoms. The molecular weight excluding hydrogens is 348 g/mol. The molecule has 0 aliphatic carbocycles. The number of hydrogen-bond acceptors (Lipinski definition) is 4. The summed E-state index contributed by atoms with van der Waals surface area (Å²) in [6.45, 7) is 2.45. The molecule has 8 heteroatoms. The van der Waals surface area contributed by atoms with E-state index in [1.807, 2.05) is 38.6 Å². The Balaban J connectivity index is 2.11. The Hall–Kier alpha value is -2.58.